The van der Waals surface area contributed by atoms with Crippen molar-refractivity contribution < 1.29 is 4.79 Å². The zero-order chi connectivity index (χ0) is 12.3. The lowest BCUT2D eigenvalue weighted by molar-refractivity contribution is 0.0937. The van der Waals surface area contributed by atoms with Crippen LogP contribution in [-0.4, -0.2) is 11.9 Å². The van der Waals surface area contributed by atoms with Crippen LogP contribution in [0.15, 0.2) is 24.3 Å². The number of nitrogens with one attached hydrogen (secondary N) is 1. The molecule has 1 amide bonds. The molecule has 0 radical (unpaired) electrons. The Morgan fingerprint density at radius 3 is 2.94 bits per heavy atom. The van der Waals surface area contributed by atoms with Crippen LogP contribution in [0.3, 0.4) is 0 Å². The monoisotopic (exact) mass is 232 g/mol. The number of amides is 1. The number of hydrogen-bond donors (Lipinski definition) is 2. The average molecular weight is 232 g/mol. The third-order valence-electron chi connectivity index (χ3n) is 3.45. The van der Waals surface area contributed by atoms with Crippen LogP contribution < -0.4 is 11.1 Å². The standard InChI is InChI=1S/C14H20N2O/c1-10-5-6-13(7-10)16-14(17)12-4-2-3-11(8-12)9-15/h2-4,8,10,13H,5-7,9,15H2,1H3,(H,16,17). The minimum Gasteiger partial charge on any atom is -0.349 e. The number of carbonyl (C=O) groups excluding carboxylic acids is 1. The molecule has 2 unspecified atom stereocenters. The molecule has 0 heterocycles. The molecular formula is C14H20N2O. The summed E-state index contributed by atoms with van der Waals surface area (Å²) in [5.74, 6) is 0.759. The van der Waals surface area contributed by atoms with Crippen molar-refractivity contribution in [2.24, 2.45) is 11.7 Å². The first kappa shape index (κ1) is 12.1. The minimum atomic E-state index is 0.0272. The summed E-state index contributed by atoms with van der Waals surface area (Å²) in [7, 11) is 0. The maximum atomic E-state index is 12.0. The third kappa shape index (κ3) is 3.07. The number of rotatable bonds is 3. The van der Waals surface area contributed by atoms with E-state index in [1.807, 2.05) is 24.3 Å². The summed E-state index contributed by atoms with van der Waals surface area (Å²) >= 11 is 0. The van der Waals surface area contributed by atoms with Crippen molar-refractivity contribution in [1.29, 1.82) is 0 Å². The Hall–Kier alpha value is -1.35. The van der Waals surface area contributed by atoms with E-state index >= 15 is 0 Å². The molecule has 0 bridgehead atoms. The van der Waals surface area contributed by atoms with Gasteiger partial charge in [0, 0.05) is 18.2 Å². The summed E-state index contributed by atoms with van der Waals surface area (Å²) in [5.41, 5.74) is 7.28. The summed E-state index contributed by atoms with van der Waals surface area (Å²) in [4.78, 5) is 12.0. The van der Waals surface area contributed by atoms with E-state index in [1.165, 1.54) is 6.42 Å². The molecule has 1 aromatic rings. The van der Waals surface area contributed by atoms with Crippen molar-refractivity contribution in [3.05, 3.63) is 35.4 Å². The van der Waals surface area contributed by atoms with E-state index in [0.717, 1.165) is 24.3 Å². The highest BCUT2D eigenvalue weighted by Crippen LogP contribution is 2.24. The summed E-state index contributed by atoms with van der Waals surface area (Å²) < 4.78 is 0. The van der Waals surface area contributed by atoms with Crippen LogP contribution in [0.1, 0.15) is 42.1 Å². The highest BCUT2D eigenvalue weighted by molar-refractivity contribution is 5.94. The molecule has 2 rings (SSSR count). The fraction of sp³-hybridized carbons (Fsp3) is 0.500. The second kappa shape index (κ2) is 5.32. The molecule has 1 aromatic carbocycles. The largest absolute Gasteiger partial charge is 0.349 e. The molecule has 1 aliphatic rings. The van der Waals surface area contributed by atoms with Crippen LogP contribution in [0.2, 0.25) is 0 Å². The molecule has 1 saturated carbocycles. The van der Waals surface area contributed by atoms with Gasteiger partial charge in [-0.3, -0.25) is 4.79 Å². The normalized spacial score (nSPS) is 23.6. The van der Waals surface area contributed by atoms with Gasteiger partial charge in [0.05, 0.1) is 0 Å². The first-order valence-corrected chi connectivity index (χ1v) is 6.29. The van der Waals surface area contributed by atoms with Crippen LogP contribution in [0, 0.1) is 5.92 Å². The topological polar surface area (TPSA) is 55.1 Å². The second-order valence-electron chi connectivity index (χ2n) is 4.99. The van der Waals surface area contributed by atoms with Crippen LogP contribution in [0.25, 0.3) is 0 Å². The molecule has 17 heavy (non-hydrogen) atoms. The first-order valence-electron chi connectivity index (χ1n) is 6.29. The van der Waals surface area contributed by atoms with Gasteiger partial charge in [0.2, 0.25) is 0 Å². The fourth-order valence-electron chi connectivity index (χ4n) is 2.45. The molecule has 3 nitrogen and oxygen atoms in total. The molecular weight excluding hydrogens is 212 g/mol. The minimum absolute atomic E-state index is 0.0272. The molecule has 0 saturated heterocycles. The van der Waals surface area contributed by atoms with Gasteiger partial charge in [-0.2, -0.15) is 0 Å². The molecule has 0 aromatic heterocycles. The van der Waals surface area contributed by atoms with Crippen molar-refractivity contribution in [3.8, 4) is 0 Å². The van der Waals surface area contributed by atoms with Gasteiger partial charge in [-0.25, -0.2) is 0 Å². The third-order valence-corrected chi connectivity index (χ3v) is 3.45. The predicted octanol–water partition coefficient (Wildman–Crippen LogP) is 2.06. The Labute approximate surface area is 102 Å². The van der Waals surface area contributed by atoms with Gasteiger partial charge in [0.1, 0.15) is 0 Å². The highest BCUT2D eigenvalue weighted by atomic mass is 16.1. The SMILES string of the molecule is CC1CCC(NC(=O)c2cccc(CN)c2)C1. The van der Waals surface area contributed by atoms with Crippen LogP contribution in [0.5, 0.6) is 0 Å². The summed E-state index contributed by atoms with van der Waals surface area (Å²) in [6.45, 7) is 2.71. The summed E-state index contributed by atoms with van der Waals surface area (Å²) in [5, 5.41) is 3.10. The quantitative estimate of drug-likeness (QED) is 0.838. The van der Waals surface area contributed by atoms with Crippen LogP contribution in [0.4, 0.5) is 0 Å². The van der Waals surface area contributed by atoms with Gasteiger partial charge in [-0.1, -0.05) is 19.1 Å². The van der Waals surface area contributed by atoms with Gasteiger partial charge < -0.3 is 11.1 Å². The van der Waals surface area contributed by atoms with E-state index in [4.69, 9.17) is 5.73 Å². The molecule has 2 atom stereocenters. The van der Waals surface area contributed by atoms with E-state index in [0.29, 0.717) is 18.2 Å². The molecule has 1 fully saturated rings. The first-order chi connectivity index (χ1) is 8.19. The molecule has 92 valence electrons. The Kier molecular flexibility index (Phi) is 3.79. The smallest absolute Gasteiger partial charge is 0.251 e. The Balaban J connectivity index is 1.99. The maximum absolute atomic E-state index is 12.0. The Morgan fingerprint density at radius 2 is 2.29 bits per heavy atom. The molecule has 1 aliphatic carbocycles. The van der Waals surface area contributed by atoms with Gasteiger partial charge in [0.15, 0.2) is 0 Å². The molecule has 0 aliphatic heterocycles. The zero-order valence-corrected chi connectivity index (χ0v) is 10.3. The van der Waals surface area contributed by atoms with Crippen molar-refractivity contribution >= 4 is 5.91 Å². The van der Waals surface area contributed by atoms with E-state index in [2.05, 4.69) is 12.2 Å². The van der Waals surface area contributed by atoms with Gasteiger partial charge in [-0.15, -0.1) is 0 Å². The lowest BCUT2D eigenvalue weighted by Gasteiger charge is -2.12. The maximum Gasteiger partial charge on any atom is 0.251 e. The number of carbonyl (C=O) groups is 1. The lowest BCUT2D eigenvalue weighted by Crippen LogP contribution is -2.32. The van der Waals surface area contributed by atoms with Crippen molar-refractivity contribution in [3.63, 3.8) is 0 Å². The lowest BCUT2D eigenvalue weighted by atomic mass is 10.1. The van der Waals surface area contributed by atoms with E-state index in [9.17, 15) is 4.79 Å². The van der Waals surface area contributed by atoms with E-state index in [-0.39, 0.29) is 5.91 Å². The Morgan fingerprint density at radius 1 is 1.47 bits per heavy atom. The number of benzene rings is 1. The van der Waals surface area contributed by atoms with Gasteiger partial charge >= 0.3 is 0 Å². The number of nitrogens with two attached hydrogens (primary N) is 1. The van der Waals surface area contributed by atoms with Crippen molar-refractivity contribution in [2.45, 2.75) is 38.8 Å². The van der Waals surface area contributed by atoms with Gasteiger partial charge in [0.25, 0.3) is 5.91 Å². The van der Waals surface area contributed by atoms with Crippen LogP contribution >= 0.6 is 0 Å². The molecule has 0 spiro atoms. The fourth-order valence-corrected chi connectivity index (χ4v) is 2.45. The van der Waals surface area contributed by atoms with Crippen molar-refractivity contribution in [2.75, 3.05) is 0 Å². The zero-order valence-electron chi connectivity index (χ0n) is 10.3. The number of hydrogen-bond acceptors (Lipinski definition) is 2. The second-order valence-corrected chi connectivity index (χ2v) is 4.99. The molecule has 3 heteroatoms. The van der Waals surface area contributed by atoms with Crippen LogP contribution in [-0.2, 0) is 6.54 Å². The average Bonchev–Trinajstić information content (AvgIpc) is 2.75. The van der Waals surface area contributed by atoms with E-state index in [1.54, 1.807) is 0 Å². The summed E-state index contributed by atoms with van der Waals surface area (Å²) in [6, 6.07) is 7.88. The van der Waals surface area contributed by atoms with Crippen molar-refractivity contribution in [1.82, 2.24) is 5.32 Å². The predicted molar refractivity (Wildman–Crippen MR) is 68.6 cm³/mol. The highest BCUT2D eigenvalue weighted by Gasteiger charge is 2.22. The molecule has 3 N–H and O–H groups in total. The van der Waals surface area contributed by atoms with E-state index < -0.39 is 0 Å². The summed E-state index contributed by atoms with van der Waals surface area (Å²) in [6.07, 6.45) is 3.42. The Bertz CT molecular complexity index is 403. The van der Waals surface area contributed by atoms with Gasteiger partial charge in [-0.05, 0) is 42.9 Å².